The lowest BCUT2D eigenvalue weighted by Gasteiger charge is -2.37. The average Bonchev–Trinajstić information content (AvgIpc) is 3.79. The molecule has 2 heterocycles. The summed E-state index contributed by atoms with van der Waals surface area (Å²) in [5.74, 6) is 0.806. The second-order valence-electron chi connectivity index (χ2n) is 9.41. The third kappa shape index (κ3) is 5.31. The van der Waals surface area contributed by atoms with Crippen LogP contribution in [-0.2, 0) is 9.53 Å². The number of hydrogen-bond donors (Lipinski definition) is 1. The van der Waals surface area contributed by atoms with E-state index in [0.717, 1.165) is 18.5 Å². The van der Waals surface area contributed by atoms with Gasteiger partial charge >= 0.3 is 0 Å². The van der Waals surface area contributed by atoms with Gasteiger partial charge in [0.2, 0.25) is 5.91 Å². The summed E-state index contributed by atoms with van der Waals surface area (Å²) in [7, 11) is 1.58. The summed E-state index contributed by atoms with van der Waals surface area (Å²) < 4.78 is 10.6. The van der Waals surface area contributed by atoms with E-state index >= 15 is 0 Å². The van der Waals surface area contributed by atoms with Crippen molar-refractivity contribution in [1.82, 2.24) is 9.80 Å². The first-order chi connectivity index (χ1) is 17.5. The SMILES string of the molecule is COc1ccc(C(=O)Nc2ccc(N3CCN(C(=O)C4CC4)CC3)c(C(=O)N3CCOCC3)c2)cc1. The summed E-state index contributed by atoms with van der Waals surface area (Å²) in [6.07, 6.45) is 2.00. The Morgan fingerprint density at radius 2 is 1.58 bits per heavy atom. The topological polar surface area (TPSA) is 91.4 Å². The van der Waals surface area contributed by atoms with E-state index in [4.69, 9.17) is 9.47 Å². The van der Waals surface area contributed by atoms with E-state index in [1.807, 2.05) is 17.0 Å². The maximum atomic E-state index is 13.6. The molecule has 3 amide bonds. The van der Waals surface area contributed by atoms with Gasteiger partial charge in [-0.2, -0.15) is 0 Å². The van der Waals surface area contributed by atoms with Crippen molar-refractivity contribution in [2.45, 2.75) is 12.8 Å². The van der Waals surface area contributed by atoms with Gasteiger partial charge in [0, 0.05) is 62.1 Å². The molecular formula is C27H32N4O5. The number of piperazine rings is 1. The minimum atomic E-state index is -0.262. The third-order valence-corrected chi connectivity index (χ3v) is 6.99. The van der Waals surface area contributed by atoms with E-state index in [-0.39, 0.29) is 23.6 Å². The van der Waals surface area contributed by atoms with E-state index in [9.17, 15) is 14.4 Å². The van der Waals surface area contributed by atoms with E-state index in [2.05, 4.69) is 10.2 Å². The molecule has 1 saturated carbocycles. The number of methoxy groups -OCH3 is 1. The number of rotatable bonds is 6. The van der Waals surface area contributed by atoms with Gasteiger partial charge < -0.3 is 29.5 Å². The fraction of sp³-hybridized carbons (Fsp3) is 0.444. The minimum Gasteiger partial charge on any atom is -0.497 e. The predicted octanol–water partition coefficient (Wildman–Crippen LogP) is 2.48. The average molecular weight is 493 g/mol. The second-order valence-corrected chi connectivity index (χ2v) is 9.41. The van der Waals surface area contributed by atoms with E-state index in [1.54, 1.807) is 42.3 Å². The number of nitrogens with zero attached hydrogens (tertiary/aromatic N) is 3. The van der Waals surface area contributed by atoms with Crippen LogP contribution in [0.25, 0.3) is 0 Å². The fourth-order valence-corrected chi connectivity index (χ4v) is 4.70. The lowest BCUT2D eigenvalue weighted by atomic mass is 10.1. The highest BCUT2D eigenvalue weighted by molar-refractivity contribution is 6.06. The fourth-order valence-electron chi connectivity index (χ4n) is 4.70. The Hall–Kier alpha value is -3.59. The first-order valence-corrected chi connectivity index (χ1v) is 12.5. The zero-order valence-electron chi connectivity index (χ0n) is 20.6. The maximum Gasteiger partial charge on any atom is 0.256 e. The van der Waals surface area contributed by atoms with E-state index in [1.165, 1.54) is 0 Å². The Kier molecular flexibility index (Phi) is 7.09. The van der Waals surface area contributed by atoms with Crippen LogP contribution in [0.5, 0.6) is 5.75 Å². The van der Waals surface area contributed by atoms with Gasteiger partial charge in [-0.05, 0) is 55.3 Å². The molecule has 2 saturated heterocycles. The molecule has 0 atom stereocenters. The standard InChI is InChI=1S/C27H32N4O5/c1-35-22-7-4-19(5-8-22)25(32)28-21-6-9-24(23(18-21)27(34)31-14-16-36-17-15-31)29-10-12-30(13-11-29)26(33)20-2-3-20/h4-9,18,20H,2-3,10-17H2,1H3,(H,28,32). The molecule has 36 heavy (non-hydrogen) atoms. The van der Waals surface area contributed by atoms with Crippen LogP contribution in [0.1, 0.15) is 33.6 Å². The largest absolute Gasteiger partial charge is 0.497 e. The lowest BCUT2D eigenvalue weighted by molar-refractivity contribution is -0.132. The van der Waals surface area contributed by atoms with Gasteiger partial charge in [0.1, 0.15) is 5.75 Å². The quantitative estimate of drug-likeness (QED) is 0.666. The molecule has 2 aromatic rings. The lowest BCUT2D eigenvalue weighted by Crippen LogP contribution is -2.50. The van der Waals surface area contributed by atoms with Crippen molar-refractivity contribution in [2.24, 2.45) is 5.92 Å². The molecule has 0 bridgehead atoms. The molecule has 3 fully saturated rings. The highest BCUT2D eigenvalue weighted by atomic mass is 16.5. The van der Waals surface area contributed by atoms with Crippen LogP contribution in [0.2, 0.25) is 0 Å². The maximum absolute atomic E-state index is 13.6. The van der Waals surface area contributed by atoms with Gasteiger partial charge in [-0.25, -0.2) is 0 Å². The molecule has 2 aromatic carbocycles. The molecule has 0 aromatic heterocycles. The van der Waals surface area contributed by atoms with Crippen LogP contribution < -0.4 is 15.0 Å². The second kappa shape index (κ2) is 10.6. The van der Waals surface area contributed by atoms with Crippen molar-refractivity contribution in [2.75, 3.05) is 69.8 Å². The molecule has 9 nitrogen and oxygen atoms in total. The number of morpholine rings is 1. The smallest absolute Gasteiger partial charge is 0.256 e. The number of ether oxygens (including phenoxy) is 2. The molecule has 0 unspecified atom stereocenters. The monoisotopic (exact) mass is 492 g/mol. The summed E-state index contributed by atoms with van der Waals surface area (Å²) in [5.41, 5.74) is 2.43. The van der Waals surface area contributed by atoms with Gasteiger partial charge in [-0.1, -0.05) is 0 Å². The zero-order chi connectivity index (χ0) is 25.1. The van der Waals surface area contributed by atoms with Gasteiger partial charge in [-0.15, -0.1) is 0 Å². The Labute approximate surface area is 210 Å². The van der Waals surface area contributed by atoms with Gasteiger partial charge in [-0.3, -0.25) is 14.4 Å². The molecule has 0 radical (unpaired) electrons. The highest BCUT2D eigenvalue weighted by Gasteiger charge is 2.35. The molecule has 1 N–H and O–H groups in total. The molecule has 9 heteroatoms. The Balaban J connectivity index is 1.35. The number of benzene rings is 2. The summed E-state index contributed by atoms with van der Waals surface area (Å²) in [6, 6.07) is 12.4. The molecule has 1 aliphatic carbocycles. The molecule has 190 valence electrons. The van der Waals surface area contributed by atoms with Crippen LogP contribution in [0.4, 0.5) is 11.4 Å². The van der Waals surface area contributed by atoms with Crippen LogP contribution in [0, 0.1) is 5.92 Å². The summed E-state index contributed by atoms with van der Waals surface area (Å²) in [6.45, 7) is 4.72. The number of amides is 3. The van der Waals surface area contributed by atoms with Crippen molar-refractivity contribution in [3.8, 4) is 5.75 Å². The number of anilines is 2. The number of carbonyl (C=O) groups is 3. The van der Waals surface area contributed by atoms with Crippen molar-refractivity contribution in [3.05, 3.63) is 53.6 Å². The summed E-state index contributed by atoms with van der Waals surface area (Å²) >= 11 is 0. The highest BCUT2D eigenvalue weighted by Crippen LogP contribution is 2.32. The first-order valence-electron chi connectivity index (χ1n) is 12.5. The summed E-state index contributed by atoms with van der Waals surface area (Å²) in [4.78, 5) is 44.8. The van der Waals surface area contributed by atoms with Crippen molar-refractivity contribution < 1.29 is 23.9 Å². The number of carbonyl (C=O) groups excluding carboxylic acids is 3. The van der Waals surface area contributed by atoms with Crippen molar-refractivity contribution in [3.63, 3.8) is 0 Å². The van der Waals surface area contributed by atoms with E-state index in [0.29, 0.717) is 75.0 Å². The third-order valence-electron chi connectivity index (χ3n) is 6.99. The van der Waals surface area contributed by atoms with E-state index < -0.39 is 0 Å². The van der Waals surface area contributed by atoms with Crippen LogP contribution in [0.15, 0.2) is 42.5 Å². The van der Waals surface area contributed by atoms with Gasteiger partial charge in [0.25, 0.3) is 11.8 Å². The van der Waals surface area contributed by atoms with Gasteiger partial charge in [0.05, 0.1) is 25.9 Å². The predicted molar refractivity (Wildman–Crippen MR) is 136 cm³/mol. The van der Waals surface area contributed by atoms with Crippen LogP contribution in [0.3, 0.4) is 0 Å². The number of nitrogens with one attached hydrogen (secondary N) is 1. The molecule has 2 aliphatic heterocycles. The Morgan fingerprint density at radius 1 is 0.889 bits per heavy atom. The van der Waals surface area contributed by atoms with Crippen molar-refractivity contribution >= 4 is 29.1 Å². The first kappa shape index (κ1) is 24.1. The summed E-state index contributed by atoms with van der Waals surface area (Å²) in [5, 5.41) is 2.92. The number of hydrogen-bond acceptors (Lipinski definition) is 6. The van der Waals surface area contributed by atoms with Gasteiger partial charge in [0.15, 0.2) is 0 Å². The minimum absolute atomic E-state index is 0.0784. The molecule has 5 rings (SSSR count). The molecule has 3 aliphatic rings. The normalized spacial score (nSPS) is 18.1. The van der Waals surface area contributed by atoms with Crippen molar-refractivity contribution in [1.29, 1.82) is 0 Å². The Bertz CT molecular complexity index is 1120. The molecule has 0 spiro atoms. The van der Waals surface area contributed by atoms with Crippen LogP contribution >= 0.6 is 0 Å². The van der Waals surface area contributed by atoms with Crippen LogP contribution in [-0.4, -0.2) is 87.1 Å². The molecular weight excluding hydrogens is 460 g/mol. The zero-order valence-corrected chi connectivity index (χ0v) is 20.6. The Morgan fingerprint density at radius 3 is 2.22 bits per heavy atom.